The SMILES string of the molecule is CC1=CC(=O)CC(C)(C)[C@@H]1CO[C@@H]1O[C@H](CO)[C@H](O)[C@H](O)[C@H]1O. The van der Waals surface area contributed by atoms with Crippen molar-refractivity contribution in [2.45, 2.75) is 57.9 Å². The number of allylic oxidation sites excluding steroid dienone is 1. The van der Waals surface area contributed by atoms with Gasteiger partial charge < -0.3 is 29.9 Å². The third-order valence-corrected chi connectivity index (χ3v) is 4.79. The number of carbonyl (C=O) groups is 1. The van der Waals surface area contributed by atoms with Crippen molar-refractivity contribution in [3.8, 4) is 0 Å². The Morgan fingerprint density at radius 1 is 1.26 bits per heavy atom. The molecule has 4 N–H and O–H groups in total. The van der Waals surface area contributed by atoms with Crippen LogP contribution in [0.1, 0.15) is 27.2 Å². The van der Waals surface area contributed by atoms with E-state index in [4.69, 9.17) is 9.47 Å². The van der Waals surface area contributed by atoms with Gasteiger partial charge in [-0.3, -0.25) is 4.79 Å². The summed E-state index contributed by atoms with van der Waals surface area (Å²) in [6.45, 7) is 5.52. The van der Waals surface area contributed by atoms with E-state index in [0.29, 0.717) is 6.42 Å². The van der Waals surface area contributed by atoms with Crippen LogP contribution < -0.4 is 0 Å². The number of hydrogen-bond acceptors (Lipinski definition) is 7. The average molecular weight is 330 g/mol. The van der Waals surface area contributed by atoms with Gasteiger partial charge in [-0.05, 0) is 18.4 Å². The second-order valence-corrected chi connectivity index (χ2v) is 7.10. The molecule has 1 aliphatic heterocycles. The summed E-state index contributed by atoms with van der Waals surface area (Å²) < 4.78 is 10.9. The summed E-state index contributed by atoms with van der Waals surface area (Å²) in [6.07, 6.45) is -4.39. The largest absolute Gasteiger partial charge is 0.394 e. The molecule has 6 atom stereocenters. The zero-order valence-corrected chi connectivity index (χ0v) is 13.7. The van der Waals surface area contributed by atoms with E-state index in [1.165, 1.54) is 0 Å². The lowest BCUT2D eigenvalue weighted by Gasteiger charge is -2.42. The van der Waals surface area contributed by atoms with Crippen molar-refractivity contribution in [1.29, 1.82) is 0 Å². The molecule has 1 saturated heterocycles. The number of ether oxygens (including phenoxy) is 2. The van der Waals surface area contributed by atoms with Crippen LogP contribution in [-0.4, -0.2) is 70.1 Å². The van der Waals surface area contributed by atoms with Crippen molar-refractivity contribution in [2.75, 3.05) is 13.2 Å². The Bertz CT molecular complexity index is 471. The van der Waals surface area contributed by atoms with Gasteiger partial charge in [0.1, 0.15) is 24.4 Å². The maximum atomic E-state index is 11.7. The Morgan fingerprint density at radius 3 is 2.48 bits per heavy atom. The van der Waals surface area contributed by atoms with Crippen molar-refractivity contribution in [2.24, 2.45) is 11.3 Å². The van der Waals surface area contributed by atoms with Gasteiger partial charge in [-0.1, -0.05) is 19.4 Å². The van der Waals surface area contributed by atoms with Crippen LogP contribution in [0.15, 0.2) is 11.6 Å². The minimum Gasteiger partial charge on any atom is -0.394 e. The van der Waals surface area contributed by atoms with Gasteiger partial charge in [-0.15, -0.1) is 0 Å². The molecule has 1 heterocycles. The number of ketones is 1. The molecule has 7 nitrogen and oxygen atoms in total. The lowest BCUT2D eigenvalue weighted by molar-refractivity contribution is -0.303. The number of rotatable bonds is 4. The molecule has 23 heavy (non-hydrogen) atoms. The zero-order valence-electron chi connectivity index (χ0n) is 13.7. The first-order valence-electron chi connectivity index (χ1n) is 7.80. The molecule has 0 saturated carbocycles. The van der Waals surface area contributed by atoms with Crippen LogP contribution in [-0.2, 0) is 14.3 Å². The van der Waals surface area contributed by atoms with Crippen molar-refractivity contribution >= 4 is 5.78 Å². The summed E-state index contributed by atoms with van der Waals surface area (Å²) in [4.78, 5) is 11.7. The highest BCUT2D eigenvalue weighted by molar-refractivity contribution is 5.91. The second-order valence-electron chi connectivity index (χ2n) is 7.10. The molecule has 7 heteroatoms. The van der Waals surface area contributed by atoms with Gasteiger partial charge in [0, 0.05) is 12.3 Å². The van der Waals surface area contributed by atoms with E-state index >= 15 is 0 Å². The Hall–Kier alpha value is -0.830. The van der Waals surface area contributed by atoms with Crippen LogP contribution in [0.3, 0.4) is 0 Å². The fourth-order valence-electron chi connectivity index (χ4n) is 3.35. The zero-order chi connectivity index (χ0) is 17.4. The molecule has 132 valence electrons. The number of aliphatic hydroxyl groups excluding tert-OH is 4. The molecule has 0 bridgehead atoms. The van der Waals surface area contributed by atoms with E-state index in [0.717, 1.165) is 5.57 Å². The molecule has 0 radical (unpaired) electrons. The minimum atomic E-state index is -1.46. The molecule has 0 unspecified atom stereocenters. The van der Waals surface area contributed by atoms with Gasteiger partial charge in [-0.2, -0.15) is 0 Å². The van der Waals surface area contributed by atoms with E-state index < -0.39 is 37.3 Å². The monoisotopic (exact) mass is 330 g/mol. The first-order chi connectivity index (χ1) is 10.7. The molecular weight excluding hydrogens is 304 g/mol. The molecule has 0 aromatic rings. The highest BCUT2D eigenvalue weighted by Gasteiger charge is 2.45. The van der Waals surface area contributed by atoms with Crippen LogP contribution in [0.2, 0.25) is 0 Å². The van der Waals surface area contributed by atoms with Gasteiger partial charge in [0.05, 0.1) is 13.2 Å². The molecule has 1 aliphatic carbocycles. The lowest BCUT2D eigenvalue weighted by atomic mass is 9.68. The summed E-state index contributed by atoms with van der Waals surface area (Å²) in [5, 5.41) is 38.7. The van der Waals surface area contributed by atoms with E-state index in [-0.39, 0.29) is 23.7 Å². The van der Waals surface area contributed by atoms with Gasteiger partial charge >= 0.3 is 0 Å². The second kappa shape index (κ2) is 6.96. The summed E-state index contributed by atoms with van der Waals surface area (Å²) >= 11 is 0. The molecule has 0 aromatic heterocycles. The Labute approximate surface area is 135 Å². The number of carbonyl (C=O) groups excluding carboxylic acids is 1. The van der Waals surface area contributed by atoms with Crippen molar-refractivity contribution in [3.05, 3.63) is 11.6 Å². The maximum absolute atomic E-state index is 11.7. The third-order valence-electron chi connectivity index (χ3n) is 4.79. The average Bonchev–Trinajstić information content (AvgIpc) is 2.45. The van der Waals surface area contributed by atoms with Crippen LogP contribution >= 0.6 is 0 Å². The van der Waals surface area contributed by atoms with E-state index in [2.05, 4.69) is 0 Å². The van der Waals surface area contributed by atoms with Gasteiger partial charge in [-0.25, -0.2) is 0 Å². The van der Waals surface area contributed by atoms with E-state index in [1.54, 1.807) is 6.08 Å². The highest BCUT2D eigenvalue weighted by atomic mass is 16.7. The normalized spacial score (nSPS) is 40.8. The van der Waals surface area contributed by atoms with Crippen LogP contribution in [0.25, 0.3) is 0 Å². The summed E-state index contributed by atoms with van der Waals surface area (Å²) in [7, 11) is 0. The van der Waals surface area contributed by atoms with Gasteiger partial charge in [0.2, 0.25) is 0 Å². The quantitative estimate of drug-likeness (QED) is 0.542. The van der Waals surface area contributed by atoms with Crippen molar-refractivity contribution in [3.63, 3.8) is 0 Å². The number of hydrogen-bond donors (Lipinski definition) is 4. The standard InChI is InChI=1S/C16H26O7/c1-8-4-9(18)5-16(2,3)10(8)7-22-15-14(21)13(20)12(19)11(6-17)23-15/h4,10-15,17,19-21H,5-7H2,1-3H3/t10-,11-,12+,13+,14-,15-/m1/s1. The maximum Gasteiger partial charge on any atom is 0.186 e. The van der Waals surface area contributed by atoms with Gasteiger partial charge in [0.25, 0.3) is 0 Å². The Balaban J connectivity index is 2.04. The molecule has 1 fully saturated rings. The topological polar surface area (TPSA) is 116 Å². The highest BCUT2D eigenvalue weighted by Crippen LogP contribution is 2.40. The summed E-state index contributed by atoms with van der Waals surface area (Å²) in [5.74, 6) is 0.0455. The molecule has 2 rings (SSSR count). The summed E-state index contributed by atoms with van der Waals surface area (Å²) in [6, 6.07) is 0. The summed E-state index contributed by atoms with van der Waals surface area (Å²) in [5.41, 5.74) is 0.611. The van der Waals surface area contributed by atoms with Crippen LogP contribution in [0, 0.1) is 11.3 Å². The fraction of sp³-hybridized carbons (Fsp3) is 0.812. The van der Waals surface area contributed by atoms with Crippen molar-refractivity contribution in [1.82, 2.24) is 0 Å². The predicted molar refractivity (Wildman–Crippen MR) is 80.4 cm³/mol. The van der Waals surface area contributed by atoms with Crippen LogP contribution in [0.5, 0.6) is 0 Å². The first kappa shape index (κ1) is 18.5. The van der Waals surface area contributed by atoms with Gasteiger partial charge in [0.15, 0.2) is 12.1 Å². The Kier molecular flexibility index (Phi) is 5.60. The van der Waals surface area contributed by atoms with E-state index in [9.17, 15) is 25.2 Å². The fourth-order valence-corrected chi connectivity index (χ4v) is 3.35. The lowest BCUT2D eigenvalue weighted by Crippen LogP contribution is -2.59. The smallest absolute Gasteiger partial charge is 0.186 e. The molecular formula is C16H26O7. The first-order valence-corrected chi connectivity index (χ1v) is 7.80. The predicted octanol–water partition coefficient (Wildman–Crippen LogP) is -0.636. The van der Waals surface area contributed by atoms with Crippen LogP contribution in [0.4, 0.5) is 0 Å². The third kappa shape index (κ3) is 3.81. The molecule has 0 amide bonds. The van der Waals surface area contributed by atoms with Crippen molar-refractivity contribution < 1.29 is 34.7 Å². The van der Waals surface area contributed by atoms with E-state index in [1.807, 2.05) is 20.8 Å². The minimum absolute atomic E-state index is 0.0347. The molecule has 0 aromatic carbocycles. The Morgan fingerprint density at radius 2 is 1.91 bits per heavy atom. The number of aliphatic hydroxyl groups is 4. The molecule has 2 aliphatic rings. The molecule has 0 spiro atoms.